The highest BCUT2D eigenvalue weighted by Crippen LogP contribution is 2.37. The van der Waals surface area contributed by atoms with E-state index in [1.807, 2.05) is 50.1 Å². The van der Waals surface area contributed by atoms with Crippen LogP contribution in [0.1, 0.15) is 18.4 Å². The van der Waals surface area contributed by atoms with Gasteiger partial charge in [0.2, 0.25) is 6.79 Å². The Kier molecular flexibility index (Phi) is 5.97. The Balaban J connectivity index is 1.68. The summed E-state index contributed by atoms with van der Waals surface area (Å²) in [6, 6.07) is 5.97. The van der Waals surface area contributed by atoms with Crippen LogP contribution in [-0.4, -0.2) is 81.5 Å². The third-order valence-electron chi connectivity index (χ3n) is 5.48. The number of anilines is 1. The van der Waals surface area contributed by atoms with Crippen molar-refractivity contribution in [2.24, 2.45) is 0 Å². The zero-order valence-corrected chi connectivity index (χ0v) is 18.2. The minimum atomic E-state index is -0.336. The van der Waals surface area contributed by atoms with Crippen LogP contribution in [0.3, 0.4) is 0 Å². The zero-order chi connectivity index (χ0) is 21.3. The summed E-state index contributed by atoms with van der Waals surface area (Å²) in [5, 5.41) is 0.969. The normalized spacial score (nSPS) is 17.7. The van der Waals surface area contributed by atoms with Gasteiger partial charge >= 0.3 is 0 Å². The number of benzene rings is 1. The SMILES string of the molecule is CN(C)CCN(Cc1cc2cc3c(cc2nc1N(C)C)OCO3)C(=O)[C@H]1CCCO1. The average molecular weight is 415 g/mol. The van der Waals surface area contributed by atoms with Gasteiger partial charge in [-0.1, -0.05) is 0 Å². The number of carbonyl (C=O) groups is 1. The second-order valence-corrected chi connectivity index (χ2v) is 8.33. The molecule has 1 amide bonds. The van der Waals surface area contributed by atoms with Crippen LogP contribution in [0.25, 0.3) is 10.9 Å². The summed E-state index contributed by atoms with van der Waals surface area (Å²) in [5.41, 5.74) is 1.84. The number of amides is 1. The Morgan fingerprint density at radius 3 is 2.53 bits per heavy atom. The van der Waals surface area contributed by atoms with Crippen molar-refractivity contribution in [2.75, 3.05) is 59.6 Å². The number of hydrogen-bond acceptors (Lipinski definition) is 7. The predicted octanol–water partition coefficient (Wildman–Crippen LogP) is 2.10. The molecule has 0 N–H and O–H groups in total. The lowest BCUT2D eigenvalue weighted by Crippen LogP contribution is -2.42. The fourth-order valence-electron chi connectivity index (χ4n) is 3.87. The van der Waals surface area contributed by atoms with E-state index in [2.05, 4.69) is 11.0 Å². The lowest BCUT2D eigenvalue weighted by atomic mass is 10.1. The highest BCUT2D eigenvalue weighted by molar-refractivity contribution is 5.86. The van der Waals surface area contributed by atoms with Gasteiger partial charge in [0.05, 0.1) is 5.52 Å². The van der Waals surface area contributed by atoms with Crippen LogP contribution < -0.4 is 14.4 Å². The van der Waals surface area contributed by atoms with Gasteiger partial charge in [0.1, 0.15) is 11.9 Å². The van der Waals surface area contributed by atoms with E-state index in [9.17, 15) is 4.79 Å². The summed E-state index contributed by atoms with van der Waals surface area (Å²) in [4.78, 5) is 24.0. The number of carbonyl (C=O) groups excluding carboxylic acids is 1. The molecule has 2 aromatic rings. The maximum Gasteiger partial charge on any atom is 0.252 e. The number of fused-ring (bicyclic) bond motifs is 2. The quantitative estimate of drug-likeness (QED) is 0.687. The minimum absolute atomic E-state index is 0.0600. The molecule has 0 unspecified atom stereocenters. The molecule has 2 aliphatic heterocycles. The van der Waals surface area contributed by atoms with Gasteiger partial charge in [-0.3, -0.25) is 4.79 Å². The highest BCUT2D eigenvalue weighted by Gasteiger charge is 2.29. The van der Waals surface area contributed by atoms with Crippen molar-refractivity contribution in [3.05, 3.63) is 23.8 Å². The second-order valence-electron chi connectivity index (χ2n) is 8.33. The van der Waals surface area contributed by atoms with Crippen molar-refractivity contribution in [1.29, 1.82) is 0 Å². The molecule has 1 saturated heterocycles. The Bertz CT molecular complexity index is 925. The van der Waals surface area contributed by atoms with E-state index in [1.165, 1.54) is 0 Å². The Labute approximate surface area is 177 Å². The number of likely N-dealkylation sites (N-methyl/N-ethyl adjacent to an activating group) is 1. The summed E-state index contributed by atoms with van der Waals surface area (Å²) in [5.74, 6) is 2.35. The largest absolute Gasteiger partial charge is 0.454 e. The molecule has 30 heavy (non-hydrogen) atoms. The van der Waals surface area contributed by atoms with E-state index >= 15 is 0 Å². The first-order valence-corrected chi connectivity index (χ1v) is 10.4. The van der Waals surface area contributed by atoms with Gasteiger partial charge in [-0.05, 0) is 39.1 Å². The van der Waals surface area contributed by atoms with Crippen molar-refractivity contribution < 1.29 is 19.0 Å². The van der Waals surface area contributed by atoms with Crippen molar-refractivity contribution >= 4 is 22.6 Å². The molecule has 1 aromatic carbocycles. The standard InChI is InChI=1S/C22H30N4O4/c1-24(2)7-8-26(22(27)18-6-5-9-28-18)13-16-10-15-11-19-20(30-14-29-19)12-17(15)23-21(16)25(3)4/h10-12,18H,5-9,13-14H2,1-4H3/t18-/m1/s1. The zero-order valence-electron chi connectivity index (χ0n) is 18.2. The minimum Gasteiger partial charge on any atom is -0.454 e. The van der Waals surface area contributed by atoms with Crippen LogP contribution in [0.15, 0.2) is 18.2 Å². The lowest BCUT2D eigenvalue weighted by Gasteiger charge is -2.28. The molecule has 4 rings (SSSR count). The smallest absolute Gasteiger partial charge is 0.252 e. The van der Waals surface area contributed by atoms with E-state index in [0.717, 1.165) is 47.4 Å². The molecule has 162 valence electrons. The topological polar surface area (TPSA) is 67.4 Å². The Hall–Kier alpha value is -2.58. The van der Waals surface area contributed by atoms with Gasteiger partial charge in [0.15, 0.2) is 11.5 Å². The lowest BCUT2D eigenvalue weighted by molar-refractivity contribution is -0.141. The molecule has 0 radical (unpaired) electrons. The van der Waals surface area contributed by atoms with Gasteiger partial charge in [-0.2, -0.15) is 0 Å². The summed E-state index contributed by atoms with van der Waals surface area (Å²) in [7, 11) is 7.97. The molecule has 0 spiro atoms. The summed E-state index contributed by atoms with van der Waals surface area (Å²) in [6.07, 6.45) is 1.39. The van der Waals surface area contributed by atoms with E-state index < -0.39 is 0 Å². The average Bonchev–Trinajstić information content (AvgIpc) is 3.39. The van der Waals surface area contributed by atoms with Crippen molar-refractivity contribution in [3.8, 4) is 11.5 Å². The van der Waals surface area contributed by atoms with Crippen LogP contribution in [0.2, 0.25) is 0 Å². The van der Waals surface area contributed by atoms with Gasteiger partial charge in [0.25, 0.3) is 5.91 Å². The number of rotatable bonds is 7. The fraction of sp³-hybridized carbons (Fsp3) is 0.545. The first kappa shape index (κ1) is 20.7. The third-order valence-corrected chi connectivity index (χ3v) is 5.48. The van der Waals surface area contributed by atoms with Crippen molar-refractivity contribution in [3.63, 3.8) is 0 Å². The van der Waals surface area contributed by atoms with Crippen LogP contribution >= 0.6 is 0 Å². The Morgan fingerprint density at radius 1 is 1.10 bits per heavy atom. The molecular weight excluding hydrogens is 384 g/mol. The maximum atomic E-state index is 13.2. The number of hydrogen-bond donors (Lipinski definition) is 0. The molecule has 0 saturated carbocycles. The van der Waals surface area contributed by atoms with E-state index in [1.54, 1.807) is 0 Å². The van der Waals surface area contributed by atoms with Gasteiger partial charge in [0, 0.05) is 57.4 Å². The first-order valence-electron chi connectivity index (χ1n) is 10.4. The van der Waals surface area contributed by atoms with E-state index in [0.29, 0.717) is 25.4 Å². The number of aromatic nitrogens is 1. The van der Waals surface area contributed by atoms with E-state index in [4.69, 9.17) is 19.2 Å². The molecule has 1 aromatic heterocycles. The van der Waals surface area contributed by atoms with Gasteiger partial charge in [-0.25, -0.2) is 4.98 Å². The fourth-order valence-corrected chi connectivity index (χ4v) is 3.87. The predicted molar refractivity (Wildman–Crippen MR) is 115 cm³/mol. The van der Waals surface area contributed by atoms with Crippen LogP contribution in [0.5, 0.6) is 11.5 Å². The molecule has 1 atom stereocenters. The van der Waals surface area contributed by atoms with Crippen LogP contribution in [0, 0.1) is 0 Å². The molecule has 2 aliphatic rings. The van der Waals surface area contributed by atoms with Crippen molar-refractivity contribution in [2.45, 2.75) is 25.5 Å². The molecule has 0 aliphatic carbocycles. The summed E-state index contributed by atoms with van der Waals surface area (Å²) < 4.78 is 16.7. The molecule has 0 bridgehead atoms. The van der Waals surface area contributed by atoms with E-state index in [-0.39, 0.29) is 18.8 Å². The third kappa shape index (κ3) is 4.29. The number of pyridine rings is 1. The first-order chi connectivity index (χ1) is 14.4. The summed E-state index contributed by atoms with van der Waals surface area (Å²) >= 11 is 0. The highest BCUT2D eigenvalue weighted by atomic mass is 16.7. The molecule has 8 nitrogen and oxygen atoms in total. The number of nitrogens with zero attached hydrogens (tertiary/aromatic N) is 4. The monoisotopic (exact) mass is 414 g/mol. The van der Waals surface area contributed by atoms with Gasteiger partial charge < -0.3 is 28.9 Å². The molecular formula is C22H30N4O4. The van der Waals surface area contributed by atoms with Crippen LogP contribution in [0.4, 0.5) is 5.82 Å². The van der Waals surface area contributed by atoms with Crippen molar-refractivity contribution in [1.82, 2.24) is 14.8 Å². The second kappa shape index (κ2) is 8.65. The molecule has 1 fully saturated rings. The Morgan fingerprint density at radius 2 is 1.87 bits per heavy atom. The van der Waals surface area contributed by atoms with Crippen LogP contribution in [-0.2, 0) is 16.1 Å². The molecule has 8 heteroatoms. The summed E-state index contributed by atoms with van der Waals surface area (Å²) in [6.45, 7) is 2.80. The number of ether oxygens (including phenoxy) is 3. The maximum absolute atomic E-state index is 13.2. The molecule has 3 heterocycles. The van der Waals surface area contributed by atoms with Gasteiger partial charge in [-0.15, -0.1) is 0 Å².